The van der Waals surface area contributed by atoms with E-state index in [2.05, 4.69) is 15.2 Å². The van der Waals surface area contributed by atoms with Crippen LogP contribution in [0.5, 0.6) is 0 Å². The van der Waals surface area contributed by atoms with Gasteiger partial charge in [0.25, 0.3) is 5.91 Å². The van der Waals surface area contributed by atoms with Gasteiger partial charge in [-0.3, -0.25) is 4.79 Å². The minimum atomic E-state index is -0.232. The molecular weight excluding hydrogens is 397 g/mol. The molecule has 2 aliphatic heterocycles. The lowest BCUT2D eigenvalue weighted by Gasteiger charge is -2.26. The van der Waals surface area contributed by atoms with Crippen LogP contribution in [0.2, 0.25) is 0 Å². The van der Waals surface area contributed by atoms with Gasteiger partial charge in [0.15, 0.2) is 11.3 Å². The van der Waals surface area contributed by atoms with Gasteiger partial charge in [-0.15, -0.1) is 5.10 Å². The minimum absolute atomic E-state index is 0.0628. The molecule has 31 heavy (non-hydrogen) atoms. The zero-order chi connectivity index (χ0) is 21.2. The molecule has 0 spiro atoms. The first kappa shape index (κ1) is 19.9. The second kappa shape index (κ2) is 8.63. The van der Waals surface area contributed by atoms with Crippen LogP contribution in [0.15, 0.2) is 42.6 Å². The summed E-state index contributed by atoms with van der Waals surface area (Å²) in [4.78, 5) is 19.2. The fourth-order valence-electron chi connectivity index (χ4n) is 4.58. The van der Waals surface area contributed by atoms with Crippen molar-refractivity contribution in [3.05, 3.63) is 59.7 Å². The average molecular weight is 423 g/mol. The second-order valence-corrected chi connectivity index (χ2v) is 8.19. The maximum atomic E-state index is 13.8. The number of amides is 1. The first-order chi connectivity index (χ1) is 15.2. The summed E-state index contributed by atoms with van der Waals surface area (Å²) in [5.41, 5.74) is 1.97. The van der Waals surface area contributed by atoms with Crippen LogP contribution in [-0.2, 0) is 4.74 Å². The molecular formula is C23H26FN5O2. The number of anilines is 1. The lowest BCUT2D eigenvalue weighted by atomic mass is 10.0. The van der Waals surface area contributed by atoms with Crippen molar-refractivity contribution in [1.29, 1.82) is 0 Å². The summed E-state index contributed by atoms with van der Waals surface area (Å²) in [5, 5.41) is 7.68. The van der Waals surface area contributed by atoms with Gasteiger partial charge < -0.3 is 15.0 Å². The fraction of sp³-hybridized carbons (Fsp3) is 0.435. The van der Waals surface area contributed by atoms with Crippen molar-refractivity contribution in [1.82, 2.24) is 19.9 Å². The number of nitrogens with zero attached hydrogens (tertiary/aromatic N) is 4. The normalized spacial score (nSPS) is 21.1. The van der Waals surface area contributed by atoms with Crippen molar-refractivity contribution in [3.8, 4) is 0 Å². The van der Waals surface area contributed by atoms with E-state index < -0.39 is 0 Å². The number of ether oxygens (including phenoxy) is 1. The van der Waals surface area contributed by atoms with Crippen molar-refractivity contribution >= 4 is 17.4 Å². The van der Waals surface area contributed by atoms with Gasteiger partial charge in [0.2, 0.25) is 0 Å². The molecule has 2 aliphatic rings. The van der Waals surface area contributed by atoms with E-state index in [-0.39, 0.29) is 23.9 Å². The average Bonchev–Trinajstić information content (AvgIpc) is 3.53. The highest BCUT2D eigenvalue weighted by atomic mass is 19.1. The molecule has 1 N–H and O–H groups in total. The van der Waals surface area contributed by atoms with E-state index in [1.807, 2.05) is 18.2 Å². The number of carbonyl (C=O) groups excluding carboxylic acids is 1. The van der Waals surface area contributed by atoms with Gasteiger partial charge in [-0.05, 0) is 61.9 Å². The number of imidazole rings is 1. The van der Waals surface area contributed by atoms with E-state index in [9.17, 15) is 9.18 Å². The molecule has 162 valence electrons. The highest BCUT2D eigenvalue weighted by Crippen LogP contribution is 2.35. The smallest absolute Gasteiger partial charge is 0.271 e. The topological polar surface area (TPSA) is 71.8 Å². The van der Waals surface area contributed by atoms with E-state index in [0.717, 1.165) is 56.6 Å². The Labute approximate surface area is 180 Å². The standard InChI is InChI=1S/C23H26FN5O2/c24-17-5-1-4-16(14-17)19-7-2-12-28(19)22-9-8-21-26-15-20(29(21)27-22)23(30)25-11-10-18-6-3-13-31-18/h1,4-5,8-9,14-15,18-19H,2-3,6-7,10-13H2,(H,25,30)/t18?,19-/m1/s1. The van der Waals surface area contributed by atoms with Crippen LogP contribution in [0.1, 0.15) is 54.2 Å². The Balaban J connectivity index is 1.35. The van der Waals surface area contributed by atoms with E-state index in [1.54, 1.807) is 22.8 Å². The Kier molecular flexibility index (Phi) is 5.55. The van der Waals surface area contributed by atoms with Crippen LogP contribution in [0, 0.1) is 5.82 Å². The molecule has 5 rings (SSSR count). The Hall–Kier alpha value is -3.00. The van der Waals surface area contributed by atoms with Gasteiger partial charge in [0.1, 0.15) is 11.6 Å². The van der Waals surface area contributed by atoms with E-state index in [0.29, 0.717) is 17.9 Å². The zero-order valence-electron chi connectivity index (χ0n) is 17.3. The van der Waals surface area contributed by atoms with Crippen molar-refractivity contribution in [2.24, 2.45) is 0 Å². The maximum Gasteiger partial charge on any atom is 0.271 e. The monoisotopic (exact) mass is 423 g/mol. The van der Waals surface area contributed by atoms with Crippen LogP contribution >= 0.6 is 0 Å². The third-order valence-electron chi connectivity index (χ3n) is 6.14. The summed E-state index contributed by atoms with van der Waals surface area (Å²) < 4.78 is 21.0. The number of nitrogens with one attached hydrogen (secondary N) is 1. The molecule has 0 aliphatic carbocycles. The quantitative estimate of drug-likeness (QED) is 0.657. The van der Waals surface area contributed by atoms with Gasteiger partial charge in [0, 0.05) is 19.7 Å². The Morgan fingerprint density at radius 2 is 2.16 bits per heavy atom. The first-order valence-corrected chi connectivity index (χ1v) is 11.0. The predicted octanol–water partition coefficient (Wildman–Crippen LogP) is 3.51. The number of benzene rings is 1. The number of hydrogen-bond donors (Lipinski definition) is 1. The van der Waals surface area contributed by atoms with E-state index in [4.69, 9.17) is 9.84 Å². The van der Waals surface area contributed by atoms with Gasteiger partial charge >= 0.3 is 0 Å². The molecule has 0 bridgehead atoms. The van der Waals surface area contributed by atoms with Crippen LogP contribution in [0.4, 0.5) is 10.2 Å². The molecule has 2 atom stereocenters. The summed E-state index contributed by atoms with van der Waals surface area (Å²) in [6, 6.07) is 10.6. The molecule has 0 radical (unpaired) electrons. The SMILES string of the molecule is O=C(NCCC1CCCO1)c1cnc2ccc(N3CCC[C@@H]3c3cccc(F)c3)nn12. The summed E-state index contributed by atoms with van der Waals surface area (Å²) >= 11 is 0. The molecule has 8 heteroatoms. The third-order valence-corrected chi connectivity index (χ3v) is 6.14. The van der Waals surface area contributed by atoms with Crippen LogP contribution in [-0.4, -0.2) is 46.3 Å². The molecule has 0 saturated carbocycles. The number of carbonyl (C=O) groups is 1. The molecule has 1 amide bonds. The number of aromatic nitrogens is 3. The van der Waals surface area contributed by atoms with Gasteiger partial charge in [-0.2, -0.15) is 0 Å². The van der Waals surface area contributed by atoms with E-state index in [1.165, 1.54) is 6.07 Å². The predicted molar refractivity (Wildman–Crippen MR) is 115 cm³/mol. The zero-order valence-corrected chi connectivity index (χ0v) is 17.3. The summed E-state index contributed by atoms with van der Waals surface area (Å²) in [5.74, 6) is 0.327. The van der Waals surface area contributed by atoms with Crippen LogP contribution < -0.4 is 10.2 Å². The third kappa shape index (κ3) is 4.12. The lowest BCUT2D eigenvalue weighted by molar-refractivity contribution is 0.0901. The van der Waals surface area contributed by atoms with Crippen LogP contribution in [0.3, 0.4) is 0 Å². The number of rotatable bonds is 6. The molecule has 2 saturated heterocycles. The molecule has 1 unspecified atom stereocenters. The number of halogens is 1. The van der Waals surface area contributed by atoms with Crippen molar-refractivity contribution < 1.29 is 13.9 Å². The summed E-state index contributed by atoms with van der Waals surface area (Å²) in [6.07, 6.45) is 6.68. The highest BCUT2D eigenvalue weighted by Gasteiger charge is 2.28. The largest absolute Gasteiger partial charge is 0.378 e. The molecule has 7 nitrogen and oxygen atoms in total. The molecule has 2 aromatic heterocycles. The molecule has 3 aromatic rings. The molecule has 2 fully saturated rings. The fourth-order valence-corrected chi connectivity index (χ4v) is 4.58. The molecule has 4 heterocycles. The van der Waals surface area contributed by atoms with E-state index >= 15 is 0 Å². The summed E-state index contributed by atoms with van der Waals surface area (Å²) in [6.45, 7) is 2.20. The highest BCUT2D eigenvalue weighted by molar-refractivity contribution is 5.93. The van der Waals surface area contributed by atoms with Gasteiger partial charge in [-0.1, -0.05) is 12.1 Å². The first-order valence-electron chi connectivity index (χ1n) is 11.0. The molecule has 1 aromatic carbocycles. The minimum Gasteiger partial charge on any atom is -0.378 e. The van der Waals surface area contributed by atoms with Gasteiger partial charge in [-0.25, -0.2) is 13.9 Å². The number of hydrogen-bond acceptors (Lipinski definition) is 5. The summed E-state index contributed by atoms with van der Waals surface area (Å²) in [7, 11) is 0. The Morgan fingerprint density at radius 3 is 3.00 bits per heavy atom. The maximum absolute atomic E-state index is 13.8. The lowest BCUT2D eigenvalue weighted by Crippen LogP contribution is -2.29. The van der Waals surface area contributed by atoms with Crippen LogP contribution in [0.25, 0.3) is 5.65 Å². The van der Waals surface area contributed by atoms with Gasteiger partial charge in [0.05, 0.1) is 18.3 Å². The number of fused-ring (bicyclic) bond motifs is 1. The van der Waals surface area contributed by atoms with Crippen molar-refractivity contribution in [2.75, 3.05) is 24.6 Å². The Morgan fingerprint density at radius 1 is 1.23 bits per heavy atom. The van der Waals surface area contributed by atoms with Crippen molar-refractivity contribution in [3.63, 3.8) is 0 Å². The second-order valence-electron chi connectivity index (χ2n) is 8.19. The Bertz CT molecular complexity index is 1080. The van der Waals surface area contributed by atoms with Crippen molar-refractivity contribution in [2.45, 2.75) is 44.2 Å².